The van der Waals surface area contributed by atoms with E-state index in [4.69, 9.17) is 0 Å². The maximum Gasteiger partial charge on any atom is -0.0106 e. The third kappa shape index (κ3) is 5.16. The van der Waals surface area contributed by atoms with Crippen LogP contribution >= 0.6 is 0 Å². The van der Waals surface area contributed by atoms with Crippen LogP contribution in [-0.2, 0) is 5.41 Å². The van der Waals surface area contributed by atoms with E-state index in [1.807, 2.05) is 0 Å². The fraction of sp³-hybridized carbons (Fsp3) is 0.714. The van der Waals surface area contributed by atoms with Crippen molar-refractivity contribution in [3.63, 3.8) is 0 Å². The summed E-state index contributed by atoms with van der Waals surface area (Å²) in [7, 11) is 0. The minimum Gasteiger partial charge on any atom is -0.0649 e. The Morgan fingerprint density at radius 2 is 1.29 bits per heavy atom. The van der Waals surface area contributed by atoms with E-state index in [0.717, 1.165) is 0 Å². The van der Waals surface area contributed by atoms with E-state index in [2.05, 4.69) is 86.6 Å². The van der Waals surface area contributed by atoms with Gasteiger partial charge in [-0.15, -0.1) is 0 Å². The van der Waals surface area contributed by atoms with Crippen molar-refractivity contribution in [1.82, 2.24) is 0 Å². The van der Waals surface area contributed by atoms with Crippen molar-refractivity contribution in [1.29, 1.82) is 0 Å². The Bertz CT molecular complexity index is 434. The Kier molecular flexibility index (Phi) is 5.35. The number of rotatable bonds is 4. The Morgan fingerprint density at radius 1 is 0.810 bits per heavy atom. The fourth-order valence-electron chi connectivity index (χ4n) is 2.92. The summed E-state index contributed by atoms with van der Waals surface area (Å²) in [5.74, 6) is 0.622. The molecule has 0 saturated carbocycles. The minimum atomic E-state index is 0.234. The molecule has 0 spiro atoms. The summed E-state index contributed by atoms with van der Waals surface area (Å²) >= 11 is 0. The van der Waals surface area contributed by atoms with E-state index in [0.29, 0.717) is 16.7 Å². The topological polar surface area (TPSA) is 0 Å². The highest BCUT2D eigenvalue weighted by molar-refractivity contribution is 5.30. The van der Waals surface area contributed by atoms with Crippen LogP contribution in [-0.4, -0.2) is 0 Å². The molecule has 0 aliphatic heterocycles. The molecule has 120 valence electrons. The van der Waals surface area contributed by atoms with Gasteiger partial charge >= 0.3 is 0 Å². The second-order valence-corrected chi connectivity index (χ2v) is 9.53. The molecule has 0 aliphatic rings. The molecule has 0 fully saturated rings. The molecule has 1 unspecified atom stereocenters. The second-order valence-electron chi connectivity index (χ2n) is 9.53. The molecular weight excluding hydrogens is 252 g/mol. The lowest BCUT2D eigenvalue weighted by Gasteiger charge is -2.38. The standard InChI is InChI=1S/C21H36/c1-10-21(8,9)18(15-19(2,3)4)16-11-13-17(14-12-16)20(5,6)7/h11-14,18H,10,15H2,1-9H3. The van der Waals surface area contributed by atoms with Crippen molar-refractivity contribution in [3.05, 3.63) is 35.4 Å². The highest BCUT2D eigenvalue weighted by Gasteiger charge is 2.32. The molecule has 0 nitrogen and oxygen atoms in total. The van der Waals surface area contributed by atoms with Gasteiger partial charge < -0.3 is 0 Å². The Labute approximate surface area is 133 Å². The van der Waals surface area contributed by atoms with Crippen molar-refractivity contribution in [2.24, 2.45) is 10.8 Å². The predicted molar refractivity (Wildman–Crippen MR) is 96.0 cm³/mol. The first kappa shape index (κ1) is 18.3. The molecule has 0 aliphatic carbocycles. The minimum absolute atomic E-state index is 0.234. The monoisotopic (exact) mass is 288 g/mol. The normalized spacial score (nSPS) is 15.1. The first-order valence-electron chi connectivity index (χ1n) is 8.47. The third-order valence-corrected chi connectivity index (χ3v) is 4.85. The molecule has 1 atom stereocenters. The Hall–Kier alpha value is -0.780. The zero-order chi connectivity index (χ0) is 16.5. The van der Waals surface area contributed by atoms with Gasteiger partial charge in [-0.3, -0.25) is 0 Å². The van der Waals surface area contributed by atoms with E-state index in [1.54, 1.807) is 0 Å². The van der Waals surface area contributed by atoms with Gasteiger partial charge in [-0.25, -0.2) is 0 Å². The van der Waals surface area contributed by atoms with Crippen molar-refractivity contribution in [3.8, 4) is 0 Å². The summed E-state index contributed by atoms with van der Waals surface area (Å²) < 4.78 is 0. The Balaban J connectivity index is 3.15. The van der Waals surface area contributed by atoms with Crippen molar-refractivity contribution in [2.75, 3.05) is 0 Å². The smallest absolute Gasteiger partial charge is 0.0106 e. The SMILES string of the molecule is CCC(C)(C)C(CC(C)(C)C)c1ccc(C(C)(C)C)cc1. The van der Waals surface area contributed by atoms with Gasteiger partial charge in [0.25, 0.3) is 0 Å². The summed E-state index contributed by atoms with van der Waals surface area (Å²) in [5, 5.41) is 0. The number of hydrogen-bond donors (Lipinski definition) is 0. The Morgan fingerprint density at radius 3 is 1.62 bits per heavy atom. The predicted octanol–water partition coefficient (Wildman–Crippen LogP) is 6.94. The molecule has 21 heavy (non-hydrogen) atoms. The molecule has 0 amide bonds. The first-order valence-corrected chi connectivity index (χ1v) is 8.47. The lowest BCUT2D eigenvalue weighted by Crippen LogP contribution is -2.26. The van der Waals surface area contributed by atoms with Gasteiger partial charge in [0.2, 0.25) is 0 Å². The van der Waals surface area contributed by atoms with E-state index in [1.165, 1.54) is 24.0 Å². The van der Waals surface area contributed by atoms with Crippen molar-refractivity contribution < 1.29 is 0 Å². The van der Waals surface area contributed by atoms with E-state index < -0.39 is 0 Å². The molecular formula is C21H36. The fourth-order valence-corrected chi connectivity index (χ4v) is 2.92. The van der Waals surface area contributed by atoms with Crippen LogP contribution in [0.2, 0.25) is 0 Å². The first-order chi connectivity index (χ1) is 9.37. The molecule has 1 aromatic carbocycles. The van der Waals surface area contributed by atoms with Gasteiger partial charge in [0.1, 0.15) is 0 Å². The van der Waals surface area contributed by atoms with Crippen LogP contribution in [0.25, 0.3) is 0 Å². The van der Waals surface area contributed by atoms with Gasteiger partial charge in [-0.2, -0.15) is 0 Å². The summed E-state index contributed by atoms with van der Waals surface area (Å²) in [5.41, 5.74) is 3.87. The van der Waals surface area contributed by atoms with E-state index in [-0.39, 0.29) is 5.41 Å². The van der Waals surface area contributed by atoms with Crippen LogP contribution in [0.3, 0.4) is 0 Å². The average Bonchev–Trinajstić information content (AvgIpc) is 2.34. The van der Waals surface area contributed by atoms with Crippen LogP contribution in [0.1, 0.15) is 92.2 Å². The molecule has 1 aromatic rings. The highest BCUT2D eigenvalue weighted by atomic mass is 14.4. The number of hydrogen-bond acceptors (Lipinski definition) is 0. The molecule has 0 aromatic heterocycles. The summed E-state index contributed by atoms with van der Waals surface area (Å²) in [6, 6.07) is 9.40. The van der Waals surface area contributed by atoms with Gasteiger partial charge in [0, 0.05) is 0 Å². The maximum atomic E-state index is 2.42. The molecule has 0 radical (unpaired) electrons. The molecule has 0 heterocycles. The van der Waals surface area contributed by atoms with Crippen LogP contribution in [0.15, 0.2) is 24.3 Å². The van der Waals surface area contributed by atoms with Crippen LogP contribution in [0.4, 0.5) is 0 Å². The van der Waals surface area contributed by atoms with Gasteiger partial charge in [0.05, 0.1) is 0 Å². The van der Waals surface area contributed by atoms with E-state index >= 15 is 0 Å². The molecule has 0 N–H and O–H groups in total. The molecule has 0 heteroatoms. The zero-order valence-corrected chi connectivity index (χ0v) is 15.8. The summed E-state index contributed by atoms with van der Waals surface area (Å²) in [6.07, 6.45) is 2.46. The van der Waals surface area contributed by atoms with Crippen LogP contribution < -0.4 is 0 Å². The maximum absolute atomic E-state index is 2.42. The number of benzene rings is 1. The highest BCUT2D eigenvalue weighted by Crippen LogP contribution is 2.45. The molecule has 0 bridgehead atoms. The van der Waals surface area contributed by atoms with Crippen molar-refractivity contribution >= 4 is 0 Å². The van der Waals surface area contributed by atoms with Gasteiger partial charge in [0.15, 0.2) is 0 Å². The van der Waals surface area contributed by atoms with Crippen LogP contribution in [0.5, 0.6) is 0 Å². The lowest BCUT2D eigenvalue weighted by atomic mass is 9.67. The average molecular weight is 289 g/mol. The van der Waals surface area contributed by atoms with Crippen LogP contribution in [0, 0.1) is 10.8 Å². The quantitative estimate of drug-likeness (QED) is 0.563. The lowest BCUT2D eigenvalue weighted by molar-refractivity contribution is 0.203. The third-order valence-electron chi connectivity index (χ3n) is 4.85. The molecule has 0 saturated heterocycles. The molecule has 1 rings (SSSR count). The van der Waals surface area contributed by atoms with E-state index in [9.17, 15) is 0 Å². The van der Waals surface area contributed by atoms with Gasteiger partial charge in [-0.05, 0) is 39.7 Å². The second kappa shape index (κ2) is 6.15. The largest absolute Gasteiger partial charge is 0.0649 e. The van der Waals surface area contributed by atoms with Gasteiger partial charge in [-0.1, -0.05) is 93.0 Å². The summed E-state index contributed by atoms with van der Waals surface area (Å²) in [4.78, 5) is 0. The summed E-state index contributed by atoms with van der Waals surface area (Å²) in [6.45, 7) is 21.1. The zero-order valence-electron chi connectivity index (χ0n) is 15.8. The van der Waals surface area contributed by atoms with Crippen molar-refractivity contribution in [2.45, 2.75) is 86.5 Å².